The van der Waals surface area contributed by atoms with E-state index in [2.05, 4.69) is 15.6 Å². The van der Waals surface area contributed by atoms with E-state index in [1.807, 2.05) is 18.7 Å². The highest BCUT2D eigenvalue weighted by molar-refractivity contribution is 6.02. The number of hydrogen-bond acceptors (Lipinski definition) is 7. The highest BCUT2D eigenvalue weighted by atomic mass is 19.1. The molecule has 0 atom stereocenters. The number of urea groups is 1. The van der Waals surface area contributed by atoms with Gasteiger partial charge >= 0.3 is 18.1 Å². The average molecular weight is 625 g/mol. The fourth-order valence-electron chi connectivity index (χ4n) is 5.13. The van der Waals surface area contributed by atoms with Gasteiger partial charge in [0.05, 0.1) is 17.8 Å². The topological polar surface area (TPSA) is 137 Å². The molecule has 2 aliphatic heterocycles. The third kappa shape index (κ3) is 7.30. The summed E-state index contributed by atoms with van der Waals surface area (Å²) >= 11 is 0. The van der Waals surface area contributed by atoms with E-state index in [1.165, 1.54) is 18.2 Å². The third-order valence-corrected chi connectivity index (χ3v) is 7.20. The van der Waals surface area contributed by atoms with Gasteiger partial charge in [-0.25, -0.2) is 33.0 Å². The first-order chi connectivity index (χ1) is 21.3. The number of carbonyl (C=O) groups excluding carboxylic acids is 2. The Morgan fingerprint density at radius 2 is 1.71 bits per heavy atom. The van der Waals surface area contributed by atoms with Crippen LogP contribution < -0.4 is 20.4 Å². The summed E-state index contributed by atoms with van der Waals surface area (Å²) in [6, 6.07) is 6.96. The van der Waals surface area contributed by atoms with Gasteiger partial charge in [0.15, 0.2) is 5.82 Å². The van der Waals surface area contributed by atoms with Crippen LogP contribution in [0.5, 0.6) is 0 Å². The predicted octanol–water partition coefficient (Wildman–Crippen LogP) is 6.31. The lowest BCUT2D eigenvalue weighted by molar-refractivity contribution is 0.0496. The number of halogens is 2. The molecule has 3 N–H and O–H groups in total. The maximum Gasteiger partial charge on any atom is 0.407 e. The SMILES string of the molecule is CC.Cc1ccc(C(=O)O)cc1-c1nc(N2CCC(NC(=O)OC(C)(C)C)CC2)nc2c1CNC(=O)N2c1c(F)cccc1F. The van der Waals surface area contributed by atoms with E-state index in [0.717, 1.165) is 17.0 Å². The molecular formula is C32H38F2N6O5. The lowest BCUT2D eigenvalue weighted by Crippen LogP contribution is -2.47. The highest BCUT2D eigenvalue weighted by Crippen LogP contribution is 2.40. The number of fused-ring (bicyclic) bond motifs is 1. The number of piperidine rings is 1. The summed E-state index contributed by atoms with van der Waals surface area (Å²) in [4.78, 5) is 49.4. The Hall–Kier alpha value is -4.81. The summed E-state index contributed by atoms with van der Waals surface area (Å²) < 4.78 is 35.4. The number of para-hydroxylation sites is 1. The fourth-order valence-corrected chi connectivity index (χ4v) is 5.13. The number of benzene rings is 2. The first-order valence-corrected chi connectivity index (χ1v) is 14.8. The molecule has 13 heteroatoms. The quantitative estimate of drug-likeness (QED) is 0.301. The largest absolute Gasteiger partial charge is 0.478 e. The number of carbonyl (C=O) groups is 3. The van der Waals surface area contributed by atoms with Crippen LogP contribution in [0.2, 0.25) is 0 Å². The Morgan fingerprint density at radius 3 is 2.31 bits per heavy atom. The van der Waals surface area contributed by atoms with Crippen LogP contribution in [0.25, 0.3) is 11.3 Å². The van der Waals surface area contributed by atoms with Crippen molar-refractivity contribution in [2.24, 2.45) is 0 Å². The van der Waals surface area contributed by atoms with E-state index >= 15 is 8.78 Å². The number of amides is 3. The first-order valence-electron chi connectivity index (χ1n) is 14.8. The van der Waals surface area contributed by atoms with Crippen molar-refractivity contribution < 1.29 is 33.0 Å². The molecule has 5 rings (SSSR count). The minimum atomic E-state index is -1.13. The number of alkyl carbamates (subject to hydrolysis) is 1. The number of aromatic nitrogens is 2. The van der Waals surface area contributed by atoms with E-state index < -0.39 is 41.0 Å². The number of anilines is 3. The summed E-state index contributed by atoms with van der Waals surface area (Å²) in [6.07, 6.45) is 0.559. The lowest BCUT2D eigenvalue weighted by Gasteiger charge is -2.35. The van der Waals surface area contributed by atoms with Crippen LogP contribution in [0, 0.1) is 18.6 Å². The number of carboxylic acids is 1. The summed E-state index contributed by atoms with van der Waals surface area (Å²) in [5.74, 6) is -2.86. The van der Waals surface area contributed by atoms with Crippen molar-refractivity contribution in [1.82, 2.24) is 20.6 Å². The molecule has 0 spiro atoms. The van der Waals surface area contributed by atoms with Gasteiger partial charge in [-0.1, -0.05) is 26.0 Å². The van der Waals surface area contributed by atoms with E-state index in [9.17, 15) is 19.5 Å². The van der Waals surface area contributed by atoms with Crippen LogP contribution in [0.3, 0.4) is 0 Å². The fraction of sp³-hybridized carbons (Fsp3) is 0.406. The van der Waals surface area contributed by atoms with Gasteiger partial charge in [0.2, 0.25) is 5.95 Å². The zero-order chi connectivity index (χ0) is 33.1. The van der Waals surface area contributed by atoms with Crippen molar-refractivity contribution in [3.8, 4) is 11.3 Å². The van der Waals surface area contributed by atoms with Crippen LogP contribution in [0.4, 0.5) is 35.8 Å². The molecule has 11 nitrogen and oxygen atoms in total. The summed E-state index contributed by atoms with van der Waals surface area (Å²) in [5.41, 5.74) is 0.691. The molecular weight excluding hydrogens is 586 g/mol. The molecule has 3 heterocycles. The van der Waals surface area contributed by atoms with E-state index in [4.69, 9.17) is 9.72 Å². The number of nitrogens with zero attached hydrogens (tertiary/aromatic N) is 4. The zero-order valence-corrected chi connectivity index (χ0v) is 26.2. The van der Waals surface area contributed by atoms with E-state index in [1.54, 1.807) is 33.8 Å². The van der Waals surface area contributed by atoms with Gasteiger partial charge in [0.25, 0.3) is 0 Å². The number of carboxylic acid groups (broad SMARTS) is 1. The summed E-state index contributed by atoms with van der Waals surface area (Å²) in [5, 5.41) is 15.2. The van der Waals surface area contributed by atoms with E-state index in [0.29, 0.717) is 48.3 Å². The minimum absolute atomic E-state index is 0.0121. The van der Waals surface area contributed by atoms with Gasteiger partial charge in [0, 0.05) is 30.3 Å². The zero-order valence-electron chi connectivity index (χ0n) is 26.2. The molecule has 0 aliphatic carbocycles. The van der Waals surface area contributed by atoms with Crippen molar-refractivity contribution in [1.29, 1.82) is 0 Å². The first kappa shape index (κ1) is 33.1. The molecule has 1 fully saturated rings. The molecule has 45 heavy (non-hydrogen) atoms. The van der Waals surface area contributed by atoms with Crippen molar-refractivity contribution in [3.63, 3.8) is 0 Å². The predicted molar refractivity (Wildman–Crippen MR) is 166 cm³/mol. The van der Waals surface area contributed by atoms with E-state index in [-0.39, 0.29) is 29.9 Å². The molecule has 0 saturated carbocycles. The standard InChI is InChI=1S/C30H32F2N6O5.C2H6/c1-16-8-9-17(26(39)40)14-19(16)23-20-15-33-28(41)38(24-21(31)6-5-7-22(24)32)25(20)36-27(35-23)37-12-10-18(11-13-37)34-29(42)43-30(2,3)4;1-2/h5-9,14,18H,10-13,15H2,1-4H3,(H,33,41)(H,34,42)(H,39,40);1-2H3. The van der Waals surface area contributed by atoms with Crippen LogP contribution >= 0.6 is 0 Å². The maximum absolute atomic E-state index is 15.0. The summed E-state index contributed by atoms with van der Waals surface area (Å²) in [6.45, 7) is 11.9. The number of ether oxygens (including phenoxy) is 1. The molecule has 3 amide bonds. The van der Waals surface area contributed by atoms with Crippen molar-refractivity contribution >= 4 is 35.5 Å². The van der Waals surface area contributed by atoms with Gasteiger partial charge in [-0.3, -0.25) is 0 Å². The number of rotatable bonds is 5. The molecule has 0 unspecified atom stereocenters. The van der Waals surface area contributed by atoms with Gasteiger partial charge in [-0.05, 0) is 70.4 Å². The number of aromatic carboxylic acids is 1. The second-order valence-corrected chi connectivity index (χ2v) is 11.5. The summed E-state index contributed by atoms with van der Waals surface area (Å²) in [7, 11) is 0. The Labute approximate surface area is 260 Å². The molecule has 240 valence electrons. The molecule has 3 aromatic rings. The lowest BCUT2D eigenvalue weighted by atomic mass is 9.97. The monoisotopic (exact) mass is 624 g/mol. The van der Waals surface area contributed by atoms with Gasteiger partial charge in [-0.2, -0.15) is 4.98 Å². The molecule has 1 saturated heterocycles. The number of hydrogen-bond donors (Lipinski definition) is 3. The minimum Gasteiger partial charge on any atom is -0.478 e. The van der Waals surface area contributed by atoms with Crippen molar-refractivity contribution in [2.75, 3.05) is 22.9 Å². The van der Waals surface area contributed by atoms with Crippen LogP contribution in [-0.2, 0) is 11.3 Å². The van der Waals surface area contributed by atoms with Crippen molar-refractivity contribution in [3.05, 3.63) is 64.7 Å². The molecule has 0 radical (unpaired) electrons. The molecule has 1 aromatic heterocycles. The molecule has 2 aromatic carbocycles. The van der Waals surface area contributed by atoms with Crippen LogP contribution in [0.1, 0.15) is 68.9 Å². The number of aryl methyl sites for hydroxylation is 1. The normalized spacial score (nSPS) is 15.0. The average Bonchev–Trinajstić information content (AvgIpc) is 2.98. The Morgan fingerprint density at radius 1 is 1.07 bits per heavy atom. The third-order valence-electron chi connectivity index (χ3n) is 7.20. The highest BCUT2D eigenvalue weighted by Gasteiger charge is 2.35. The number of nitrogens with one attached hydrogen (secondary N) is 2. The maximum atomic E-state index is 15.0. The molecule has 0 bridgehead atoms. The van der Waals surface area contributed by atoms with Crippen molar-refractivity contribution in [2.45, 2.75) is 72.6 Å². The van der Waals surface area contributed by atoms with Crippen LogP contribution in [0.15, 0.2) is 36.4 Å². The van der Waals surface area contributed by atoms with Gasteiger partial charge in [-0.15, -0.1) is 0 Å². The van der Waals surface area contributed by atoms with Crippen LogP contribution in [-0.4, -0.2) is 57.9 Å². The smallest absolute Gasteiger partial charge is 0.407 e. The Balaban J connectivity index is 0.00000226. The second kappa shape index (κ2) is 13.4. The van der Waals surface area contributed by atoms with Gasteiger partial charge in [0.1, 0.15) is 22.9 Å². The molecule has 2 aliphatic rings. The Kier molecular flexibility index (Phi) is 9.89. The van der Waals surface area contributed by atoms with Gasteiger partial charge < -0.3 is 25.4 Å². The second-order valence-electron chi connectivity index (χ2n) is 11.5. The Bertz CT molecular complexity index is 1580.